The van der Waals surface area contributed by atoms with Crippen LogP contribution in [0, 0.1) is 0 Å². The smallest absolute Gasteiger partial charge is 0.106 e. The molecule has 0 aromatic heterocycles. The Hall–Kier alpha value is -0.0800. The zero-order chi connectivity index (χ0) is 5.28. The van der Waals surface area contributed by atoms with Gasteiger partial charge < -0.3 is 10.2 Å². The quantitative estimate of drug-likeness (QED) is 0.394. The Kier molecular flexibility index (Phi) is 1.30. The molecule has 0 spiro atoms. The van der Waals surface area contributed by atoms with Crippen molar-refractivity contribution in [1.29, 1.82) is 0 Å². The highest BCUT2D eigenvalue weighted by molar-refractivity contribution is 4.66. The van der Waals surface area contributed by atoms with Gasteiger partial charge in [-0.1, -0.05) is 0 Å². The second kappa shape index (κ2) is 1.80. The fourth-order valence-corrected chi connectivity index (χ4v) is 0.986. The molecule has 0 aromatic carbocycles. The highest BCUT2D eigenvalue weighted by Gasteiger charge is 2.25. The van der Waals surface area contributed by atoms with Crippen LogP contribution in [0.4, 0.5) is 0 Å². The Balaban J connectivity index is 2.06. The van der Waals surface area contributed by atoms with Gasteiger partial charge in [0.05, 0.1) is 20.1 Å². The third kappa shape index (κ3) is 0.924. The summed E-state index contributed by atoms with van der Waals surface area (Å²) in [5.74, 6) is 0. The lowest BCUT2D eigenvalue weighted by Crippen LogP contribution is -3.19. The minimum absolute atomic E-state index is 0.806. The topological polar surface area (TPSA) is 16.5 Å². The van der Waals surface area contributed by atoms with Crippen LogP contribution in [0.15, 0.2) is 0 Å². The molecule has 2 nitrogen and oxygen atoms in total. The molecule has 0 bridgehead atoms. The lowest BCUT2D eigenvalue weighted by atomic mass is 10.1. The Labute approximate surface area is 44.5 Å². The van der Waals surface area contributed by atoms with Gasteiger partial charge in [0.2, 0.25) is 0 Å². The third-order valence-electron chi connectivity index (χ3n) is 1.60. The second-order valence-electron chi connectivity index (χ2n) is 2.35. The Bertz CT molecular complexity index is 57.1. The molecule has 7 heavy (non-hydrogen) atoms. The molecule has 1 aliphatic rings. The summed E-state index contributed by atoms with van der Waals surface area (Å²) in [7, 11) is 4.24. The average molecular weight is 101 g/mol. The molecule has 1 heterocycles. The molecular weight excluding hydrogens is 88.1 g/mol. The monoisotopic (exact) mass is 101 g/mol. The summed E-state index contributed by atoms with van der Waals surface area (Å²) in [6, 6.07) is 0.806. The number of hydrogen-bond acceptors (Lipinski definition) is 1. The van der Waals surface area contributed by atoms with Crippen LogP contribution in [-0.2, 0) is 0 Å². The standard InChI is InChI=1S/C5H12N2/c1-6-5-3-7(2)4-5/h5-6H,3-4H2,1-2H3/p+1. The molecule has 42 valence electrons. The number of rotatable bonds is 1. The molecule has 0 unspecified atom stereocenters. The van der Waals surface area contributed by atoms with E-state index in [1.54, 1.807) is 4.90 Å². The number of likely N-dealkylation sites (N-methyl/N-ethyl adjacent to an activating group) is 2. The van der Waals surface area contributed by atoms with Crippen LogP contribution >= 0.6 is 0 Å². The summed E-state index contributed by atoms with van der Waals surface area (Å²) in [5, 5.41) is 3.21. The van der Waals surface area contributed by atoms with Gasteiger partial charge in [0.1, 0.15) is 6.04 Å². The van der Waals surface area contributed by atoms with Gasteiger partial charge in [-0.05, 0) is 7.05 Å². The molecule has 1 aliphatic heterocycles. The van der Waals surface area contributed by atoms with E-state index in [1.165, 1.54) is 13.1 Å². The van der Waals surface area contributed by atoms with E-state index in [9.17, 15) is 0 Å². The normalized spacial score (nSPS) is 40.3. The van der Waals surface area contributed by atoms with Crippen molar-refractivity contribution < 1.29 is 4.90 Å². The maximum atomic E-state index is 3.21. The first-order chi connectivity index (χ1) is 3.33. The summed E-state index contributed by atoms with van der Waals surface area (Å²) < 4.78 is 0. The molecule has 1 fully saturated rings. The van der Waals surface area contributed by atoms with Crippen molar-refractivity contribution in [2.75, 3.05) is 27.2 Å². The summed E-state index contributed by atoms with van der Waals surface area (Å²) in [5.41, 5.74) is 0. The number of quaternary nitrogens is 1. The van der Waals surface area contributed by atoms with Crippen molar-refractivity contribution in [3.63, 3.8) is 0 Å². The summed E-state index contributed by atoms with van der Waals surface area (Å²) in [4.78, 5) is 1.64. The van der Waals surface area contributed by atoms with E-state index >= 15 is 0 Å². The molecule has 0 radical (unpaired) electrons. The number of nitrogens with one attached hydrogen (secondary N) is 2. The zero-order valence-electron chi connectivity index (χ0n) is 4.99. The molecule has 0 atom stereocenters. The second-order valence-corrected chi connectivity index (χ2v) is 2.35. The van der Waals surface area contributed by atoms with Crippen LogP contribution in [0.25, 0.3) is 0 Å². The lowest BCUT2D eigenvalue weighted by molar-refractivity contribution is -0.923. The van der Waals surface area contributed by atoms with Crippen molar-refractivity contribution in [2.45, 2.75) is 6.04 Å². The van der Waals surface area contributed by atoms with Crippen molar-refractivity contribution in [1.82, 2.24) is 5.32 Å². The van der Waals surface area contributed by atoms with Gasteiger partial charge in [-0.25, -0.2) is 0 Å². The maximum Gasteiger partial charge on any atom is 0.106 e. The molecule has 0 amide bonds. The predicted molar refractivity (Wildman–Crippen MR) is 29.5 cm³/mol. The molecule has 1 rings (SSSR count). The molecule has 2 heteroatoms. The van der Waals surface area contributed by atoms with Gasteiger partial charge >= 0.3 is 0 Å². The first-order valence-electron chi connectivity index (χ1n) is 2.81. The van der Waals surface area contributed by atoms with Gasteiger partial charge in [0.25, 0.3) is 0 Å². The zero-order valence-corrected chi connectivity index (χ0v) is 4.99. The number of likely N-dealkylation sites (tertiary alicyclic amines) is 1. The van der Waals surface area contributed by atoms with Crippen LogP contribution < -0.4 is 10.2 Å². The first-order valence-corrected chi connectivity index (χ1v) is 2.81. The van der Waals surface area contributed by atoms with Crippen LogP contribution in [-0.4, -0.2) is 33.2 Å². The summed E-state index contributed by atoms with van der Waals surface area (Å²) in [6.07, 6.45) is 0. The minimum Gasteiger partial charge on any atom is -0.334 e. The fourth-order valence-electron chi connectivity index (χ4n) is 0.986. The van der Waals surface area contributed by atoms with Crippen molar-refractivity contribution >= 4 is 0 Å². The molecule has 0 aliphatic carbocycles. The van der Waals surface area contributed by atoms with E-state index in [1.807, 2.05) is 7.05 Å². The Morgan fingerprint density at radius 3 is 2.29 bits per heavy atom. The van der Waals surface area contributed by atoms with Gasteiger partial charge in [-0.3, -0.25) is 0 Å². The van der Waals surface area contributed by atoms with Crippen LogP contribution in [0.2, 0.25) is 0 Å². The lowest BCUT2D eigenvalue weighted by Gasteiger charge is -2.31. The van der Waals surface area contributed by atoms with Crippen molar-refractivity contribution in [2.24, 2.45) is 0 Å². The highest BCUT2D eigenvalue weighted by atomic mass is 15.2. The van der Waals surface area contributed by atoms with Crippen molar-refractivity contribution in [3.8, 4) is 0 Å². The van der Waals surface area contributed by atoms with E-state index in [-0.39, 0.29) is 0 Å². The highest BCUT2D eigenvalue weighted by Crippen LogP contribution is 1.78. The van der Waals surface area contributed by atoms with E-state index in [0.717, 1.165) is 6.04 Å². The van der Waals surface area contributed by atoms with E-state index in [0.29, 0.717) is 0 Å². The van der Waals surface area contributed by atoms with E-state index in [2.05, 4.69) is 12.4 Å². The van der Waals surface area contributed by atoms with Crippen molar-refractivity contribution in [3.05, 3.63) is 0 Å². The summed E-state index contributed by atoms with van der Waals surface area (Å²) in [6.45, 7) is 2.60. The van der Waals surface area contributed by atoms with Gasteiger partial charge in [0.15, 0.2) is 0 Å². The third-order valence-corrected chi connectivity index (χ3v) is 1.60. The maximum absolute atomic E-state index is 3.21. The predicted octanol–water partition coefficient (Wildman–Crippen LogP) is -1.90. The summed E-state index contributed by atoms with van der Waals surface area (Å²) >= 11 is 0. The van der Waals surface area contributed by atoms with Gasteiger partial charge in [-0.2, -0.15) is 0 Å². The van der Waals surface area contributed by atoms with Gasteiger partial charge in [-0.15, -0.1) is 0 Å². The van der Waals surface area contributed by atoms with E-state index in [4.69, 9.17) is 0 Å². The molecule has 1 saturated heterocycles. The molecular formula is C5H13N2+. The Morgan fingerprint density at radius 1 is 1.57 bits per heavy atom. The SMILES string of the molecule is CNC1C[NH+](C)C1. The minimum atomic E-state index is 0.806. The van der Waals surface area contributed by atoms with E-state index < -0.39 is 0 Å². The first kappa shape index (κ1) is 5.06. The molecule has 0 aromatic rings. The largest absolute Gasteiger partial charge is 0.334 e. The van der Waals surface area contributed by atoms with Crippen LogP contribution in [0.1, 0.15) is 0 Å². The van der Waals surface area contributed by atoms with Gasteiger partial charge in [0, 0.05) is 0 Å². The average Bonchev–Trinajstić information content (AvgIpc) is 1.58. The van der Waals surface area contributed by atoms with Crippen LogP contribution in [0.5, 0.6) is 0 Å². The fraction of sp³-hybridized carbons (Fsp3) is 1.00. The molecule has 0 saturated carbocycles. The van der Waals surface area contributed by atoms with Crippen LogP contribution in [0.3, 0.4) is 0 Å². The molecule has 2 N–H and O–H groups in total. The number of hydrogen-bond donors (Lipinski definition) is 2. The Morgan fingerprint density at radius 2 is 2.14 bits per heavy atom.